The lowest BCUT2D eigenvalue weighted by molar-refractivity contribution is 0.517. The molecule has 0 saturated heterocycles. The number of rotatable bonds is 3. The number of fused-ring (bicyclic) bond motifs is 1. The fourth-order valence-electron chi connectivity index (χ4n) is 3.47. The Labute approximate surface area is 199 Å². The van der Waals surface area contributed by atoms with Gasteiger partial charge < -0.3 is 0 Å². The van der Waals surface area contributed by atoms with E-state index in [4.69, 9.17) is 0 Å². The van der Waals surface area contributed by atoms with Crippen molar-refractivity contribution in [3.63, 3.8) is 0 Å². The van der Waals surface area contributed by atoms with E-state index in [1.165, 1.54) is 42.5 Å². The van der Waals surface area contributed by atoms with E-state index in [-0.39, 0.29) is 22.1 Å². The molecule has 0 radical (unpaired) electrons. The first-order valence-corrected chi connectivity index (χ1v) is 10.7. The molecule has 35 heavy (non-hydrogen) atoms. The Hall–Kier alpha value is -4.35. The van der Waals surface area contributed by atoms with Gasteiger partial charge in [-0.2, -0.15) is 0 Å². The van der Waals surface area contributed by atoms with Crippen LogP contribution in [0.15, 0.2) is 73.3 Å². The van der Waals surface area contributed by atoms with Gasteiger partial charge in [0.1, 0.15) is 17.5 Å². The summed E-state index contributed by atoms with van der Waals surface area (Å²) >= 11 is 0. The Morgan fingerprint density at radius 1 is 0.657 bits per heavy atom. The second-order valence-electron chi connectivity index (χ2n) is 7.75. The van der Waals surface area contributed by atoms with Gasteiger partial charge in [0.25, 0.3) is 0 Å². The average Bonchev–Trinajstić information content (AvgIpc) is 2.84. The van der Waals surface area contributed by atoms with Gasteiger partial charge in [-0.05, 0) is 72.3 Å². The fourth-order valence-corrected chi connectivity index (χ4v) is 3.47. The van der Waals surface area contributed by atoms with Gasteiger partial charge in [-0.25, -0.2) is 22.0 Å². The van der Waals surface area contributed by atoms with Gasteiger partial charge in [0, 0.05) is 16.5 Å². The topological polar surface area (TPSA) is 0 Å². The van der Waals surface area contributed by atoms with Gasteiger partial charge in [-0.3, -0.25) is 0 Å². The monoisotopic (exact) mass is 472 g/mol. The molecule has 0 aromatic heterocycles. The van der Waals surface area contributed by atoms with E-state index in [2.05, 4.69) is 30.3 Å². The molecule has 0 amide bonds. The van der Waals surface area contributed by atoms with E-state index in [1.807, 2.05) is 0 Å². The van der Waals surface area contributed by atoms with Crippen molar-refractivity contribution < 1.29 is 22.0 Å². The van der Waals surface area contributed by atoms with E-state index >= 15 is 0 Å². The van der Waals surface area contributed by atoms with E-state index < -0.39 is 29.1 Å². The SMILES string of the molecule is C=CCCc1cc(F)c(C#Cc2ccc(C#Cc3ccc4c(F)c(F)ccc4c3)c(F)c2)c(F)c1. The maximum atomic E-state index is 14.5. The minimum Gasteiger partial charge on any atom is -0.206 e. The molecule has 0 atom stereocenters. The predicted molar refractivity (Wildman–Crippen MR) is 127 cm³/mol. The van der Waals surface area contributed by atoms with Crippen LogP contribution in [0.4, 0.5) is 22.0 Å². The second-order valence-corrected chi connectivity index (χ2v) is 7.75. The first-order chi connectivity index (χ1) is 16.9. The van der Waals surface area contributed by atoms with Crippen LogP contribution in [-0.2, 0) is 6.42 Å². The zero-order chi connectivity index (χ0) is 24.9. The van der Waals surface area contributed by atoms with Gasteiger partial charge in [0.05, 0.1) is 11.1 Å². The summed E-state index contributed by atoms with van der Waals surface area (Å²) in [6.07, 6.45) is 2.72. The highest BCUT2D eigenvalue weighted by atomic mass is 19.2. The first kappa shape index (κ1) is 23.8. The Morgan fingerprint density at radius 3 is 2.06 bits per heavy atom. The van der Waals surface area contributed by atoms with Crippen LogP contribution in [0.3, 0.4) is 0 Å². The largest absolute Gasteiger partial charge is 0.206 e. The molecule has 0 aliphatic carbocycles. The molecular formula is C30H17F5. The smallest absolute Gasteiger partial charge is 0.166 e. The van der Waals surface area contributed by atoms with Crippen LogP contribution < -0.4 is 0 Å². The molecule has 0 unspecified atom stereocenters. The summed E-state index contributed by atoms with van der Waals surface area (Å²) < 4.78 is 70.3. The minimum absolute atomic E-state index is 0.0878. The van der Waals surface area contributed by atoms with Crippen LogP contribution in [0, 0.1) is 52.8 Å². The standard InChI is InChI=1S/C30H17F5/c1-2-3-4-21-17-28(33)25(29(34)18-21)13-8-20-6-10-22(27(32)16-20)9-5-19-7-12-24-23(15-19)11-14-26(31)30(24)35/h2,6-7,10-12,14-18H,1,3-4H2. The lowest BCUT2D eigenvalue weighted by atomic mass is 10.0. The maximum Gasteiger partial charge on any atom is 0.166 e. The number of benzene rings is 4. The zero-order valence-electron chi connectivity index (χ0n) is 18.4. The van der Waals surface area contributed by atoms with Crippen LogP contribution >= 0.6 is 0 Å². The summed E-state index contributed by atoms with van der Waals surface area (Å²) in [4.78, 5) is 0. The Balaban J connectivity index is 1.56. The highest BCUT2D eigenvalue weighted by Gasteiger charge is 2.10. The maximum absolute atomic E-state index is 14.5. The highest BCUT2D eigenvalue weighted by Crippen LogP contribution is 2.21. The summed E-state index contributed by atoms with van der Waals surface area (Å²) in [5.74, 6) is 6.41. The molecule has 0 aliphatic heterocycles. The average molecular weight is 472 g/mol. The third-order valence-corrected chi connectivity index (χ3v) is 5.29. The van der Waals surface area contributed by atoms with E-state index in [0.717, 1.165) is 12.1 Å². The summed E-state index contributed by atoms with van der Waals surface area (Å²) in [7, 11) is 0. The molecule has 0 aliphatic rings. The highest BCUT2D eigenvalue weighted by molar-refractivity contribution is 5.84. The van der Waals surface area contributed by atoms with Crippen molar-refractivity contribution in [2.45, 2.75) is 12.8 Å². The number of halogens is 5. The van der Waals surface area contributed by atoms with Crippen LogP contribution in [0.1, 0.15) is 34.2 Å². The Morgan fingerprint density at radius 2 is 1.34 bits per heavy atom. The molecule has 0 N–H and O–H groups in total. The van der Waals surface area contributed by atoms with Crippen LogP contribution in [-0.4, -0.2) is 0 Å². The molecule has 5 heteroatoms. The minimum atomic E-state index is -0.937. The fraction of sp³-hybridized carbons (Fsp3) is 0.0667. The van der Waals surface area contributed by atoms with Crippen molar-refractivity contribution >= 4 is 10.8 Å². The summed E-state index contributed by atoms with van der Waals surface area (Å²) in [5, 5.41) is 0.596. The lowest BCUT2D eigenvalue weighted by Crippen LogP contribution is -1.95. The molecule has 0 bridgehead atoms. The molecule has 0 heterocycles. The predicted octanol–water partition coefficient (Wildman–Crippen LogP) is 7.45. The van der Waals surface area contributed by atoms with Crippen molar-refractivity contribution in [2.75, 3.05) is 0 Å². The molecular weight excluding hydrogens is 455 g/mol. The number of hydrogen-bond acceptors (Lipinski definition) is 0. The zero-order valence-corrected chi connectivity index (χ0v) is 18.4. The van der Waals surface area contributed by atoms with Gasteiger partial charge in [0.2, 0.25) is 0 Å². The second kappa shape index (κ2) is 10.3. The van der Waals surface area contributed by atoms with Gasteiger partial charge in [0.15, 0.2) is 11.6 Å². The van der Waals surface area contributed by atoms with Crippen molar-refractivity contribution in [1.82, 2.24) is 0 Å². The number of hydrogen-bond donors (Lipinski definition) is 0. The lowest BCUT2D eigenvalue weighted by Gasteiger charge is -2.03. The molecule has 0 nitrogen and oxygen atoms in total. The quantitative estimate of drug-likeness (QED) is 0.165. The summed E-state index contributed by atoms with van der Waals surface area (Å²) in [5.41, 5.74) is 0.928. The van der Waals surface area contributed by atoms with E-state index in [1.54, 1.807) is 12.1 Å². The molecule has 0 saturated carbocycles. The molecule has 4 aromatic carbocycles. The normalized spacial score (nSPS) is 10.3. The van der Waals surface area contributed by atoms with Crippen LogP contribution in [0.2, 0.25) is 0 Å². The van der Waals surface area contributed by atoms with Crippen molar-refractivity contribution in [1.29, 1.82) is 0 Å². The van der Waals surface area contributed by atoms with Crippen molar-refractivity contribution in [3.05, 3.63) is 130 Å². The van der Waals surface area contributed by atoms with Crippen LogP contribution in [0.5, 0.6) is 0 Å². The molecule has 4 aromatic rings. The van der Waals surface area contributed by atoms with E-state index in [0.29, 0.717) is 29.4 Å². The summed E-state index contributed by atoms with van der Waals surface area (Å²) in [6.45, 7) is 3.59. The first-order valence-electron chi connectivity index (χ1n) is 10.7. The van der Waals surface area contributed by atoms with Crippen molar-refractivity contribution in [2.24, 2.45) is 0 Å². The Bertz CT molecular complexity index is 1550. The van der Waals surface area contributed by atoms with Gasteiger partial charge >= 0.3 is 0 Å². The Kier molecular flexibility index (Phi) is 6.99. The number of aryl methyl sites for hydroxylation is 1. The van der Waals surface area contributed by atoms with Gasteiger partial charge in [-0.15, -0.1) is 6.58 Å². The molecule has 172 valence electrons. The third-order valence-electron chi connectivity index (χ3n) is 5.29. The molecule has 0 spiro atoms. The van der Waals surface area contributed by atoms with Crippen LogP contribution in [0.25, 0.3) is 10.8 Å². The summed E-state index contributed by atoms with van der Waals surface area (Å²) in [6, 6.07) is 13.5. The molecule has 4 rings (SSSR count). The molecule has 0 fully saturated rings. The third kappa shape index (κ3) is 5.42. The van der Waals surface area contributed by atoms with E-state index in [9.17, 15) is 22.0 Å². The number of allylic oxidation sites excluding steroid dienone is 1. The van der Waals surface area contributed by atoms with Gasteiger partial charge in [-0.1, -0.05) is 41.9 Å². The van der Waals surface area contributed by atoms with Crippen molar-refractivity contribution in [3.8, 4) is 23.7 Å².